The van der Waals surface area contributed by atoms with E-state index in [-0.39, 0.29) is 38.5 Å². The molecule has 0 atom stereocenters. The third-order valence-corrected chi connectivity index (χ3v) is 7.58. The molecule has 3 aromatic rings. The third-order valence-electron chi connectivity index (χ3n) is 4.75. The molecule has 2 aromatic carbocycles. The van der Waals surface area contributed by atoms with Crippen molar-refractivity contribution >= 4 is 33.2 Å². The molecule has 0 amide bonds. The molecule has 3 rings (SSSR count). The van der Waals surface area contributed by atoms with E-state index >= 15 is 0 Å². The second-order valence-electron chi connectivity index (χ2n) is 7.99. The molecule has 0 aliphatic carbocycles. The third kappa shape index (κ3) is 4.87. The molecule has 166 valence electrons. The van der Waals surface area contributed by atoms with Gasteiger partial charge in [0.25, 0.3) is 0 Å². The van der Waals surface area contributed by atoms with Gasteiger partial charge in [0.15, 0.2) is 0 Å². The van der Waals surface area contributed by atoms with Crippen LogP contribution in [0.3, 0.4) is 0 Å². The Bertz CT molecular complexity index is 1190. The zero-order chi connectivity index (χ0) is 23.0. The van der Waals surface area contributed by atoms with Gasteiger partial charge >= 0.3 is 0 Å². The Balaban J connectivity index is 1.81. The van der Waals surface area contributed by atoms with Gasteiger partial charge in [-0.15, -0.1) is 0 Å². The van der Waals surface area contributed by atoms with Gasteiger partial charge in [-0.3, -0.25) is 0 Å². The van der Waals surface area contributed by atoms with Crippen LogP contribution < -0.4 is 4.74 Å². The number of halogens is 2. The molecule has 0 saturated carbocycles. The fourth-order valence-electron chi connectivity index (χ4n) is 2.87. The summed E-state index contributed by atoms with van der Waals surface area (Å²) < 4.78 is 37.3. The van der Waals surface area contributed by atoms with E-state index in [2.05, 4.69) is 30.9 Å². The van der Waals surface area contributed by atoms with Crippen molar-refractivity contribution in [2.24, 2.45) is 0 Å². The Morgan fingerprint density at radius 1 is 1.06 bits per heavy atom. The van der Waals surface area contributed by atoms with Crippen LogP contribution in [-0.2, 0) is 22.0 Å². The second kappa shape index (κ2) is 8.78. The monoisotopic (exact) mass is 483 g/mol. The predicted molar refractivity (Wildman–Crippen MR) is 120 cm³/mol. The van der Waals surface area contributed by atoms with Crippen molar-refractivity contribution in [3.05, 3.63) is 57.9 Å². The molecule has 0 fully saturated rings. The topological polar surface area (TPSA) is 85.5 Å². The summed E-state index contributed by atoms with van der Waals surface area (Å²) in [7, 11) is -1.15. The van der Waals surface area contributed by atoms with E-state index in [0.717, 1.165) is 9.87 Å². The van der Waals surface area contributed by atoms with E-state index in [1.54, 1.807) is 0 Å². The Morgan fingerprint density at radius 3 is 2.29 bits per heavy atom. The number of nitrogens with zero attached hydrogens (tertiary/aromatic N) is 3. The van der Waals surface area contributed by atoms with Crippen molar-refractivity contribution in [2.75, 3.05) is 14.2 Å². The minimum absolute atomic E-state index is 0.0254. The lowest BCUT2D eigenvalue weighted by Crippen LogP contribution is -2.27. The molecule has 0 unspecified atom stereocenters. The number of hydrogen-bond donors (Lipinski definition) is 0. The maximum atomic E-state index is 13.0. The molecule has 10 heteroatoms. The van der Waals surface area contributed by atoms with E-state index in [9.17, 15) is 8.42 Å². The molecular weight excluding hydrogens is 461 g/mol. The first-order valence-corrected chi connectivity index (χ1v) is 11.6. The van der Waals surface area contributed by atoms with E-state index in [1.165, 1.54) is 31.9 Å². The quantitative estimate of drug-likeness (QED) is 0.480. The zero-order valence-corrected chi connectivity index (χ0v) is 20.1. The Morgan fingerprint density at radius 2 is 1.71 bits per heavy atom. The number of methoxy groups -OCH3 is 1. The molecule has 0 spiro atoms. The van der Waals surface area contributed by atoms with Crippen LogP contribution >= 0.6 is 23.2 Å². The number of ether oxygens (including phenoxy) is 1. The van der Waals surface area contributed by atoms with Gasteiger partial charge in [-0.1, -0.05) is 73.4 Å². The summed E-state index contributed by atoms with van der Waals surface area (Å²) in [6.45, 7) is 6.27. The van der Waals surface area contributed by atoms with Crippen LogP contribution in [0.15, 0.2) is 45.8 Å². The highest BCUT2D eigenvalue weighted by Crippen LogP contribution is 2.37. The fourth-order valence-corrected chi connectivity index (χ4v) is 4.80. The van der Waals surface area contributed by atoms with Crippen LogP contribution in [0.5, 0.6) is 5.75 Å². The van der Waals surface area contributed by atoms with Crippen LogP contribution in [0, 0.1) is 0 Å². The minimum Gasteiger partial charge on any atom is -0.495 e. The highest BCUT2D eigenvalue weighted by atomic mass is 35.5. The average Bonchev–Trinajstić information content (AvgIpc) is 3.17. The number of rotatable bonds is 6. The standard InChI is InChI=1S/C21H23Cl2N3O4S/c1-21(2,3)14-8-6-13(7-9-14)20-24-17(30-25-20)12-26(4)31(27,28)16-11-10-15(29-5)18(22)19(16)23/h6-11H,12H2,1-5H3. The van der Waals surface area contributed by atoms with Gasteiger partial charge in [-0.05, 0) is 23.1 Å². The number of hydrogen-bond acceptors (Lipinski definition) is 6. The van der Waals surface area contributed by atoms with Gasteiger partial charge in [0.1, 0.15) is 15.7 Å². The summed E-state index contributed by atoms with van der Waals surface area (Å²) in [5.74, 6) is 0.816. The zero-order valence-electron chi connectivity index (χ0n) is 17.8. The van der Waals surface area contributed by atoms with Crippen LogP contribution in [0.1, 0.15) is 32.2 Å². The van der Waals surface area contributed by atoms with Gasteiger partial charge in [0, 0.05) is 12.6 Å². The van der Waals surface area contributed by atoms with Gasteiger partial charge in [-0.25, -0.2) is 8.42 Å². The molecule has 0 aliphatic rings. The molecule has 0 aliphatic heterocycles. The Hall–Kier alpha value is -2.13. The first-order valence-electron chi connectivity index (χ1n) is 9.37. The van der Waals surface area contributed by atoms with Crippen molar-refractivity contribution in [2.45, 2.75) is 37.6 Å². The van der Waals surface area contributed by atoms with Crippen molar-refractivity contribution in [1.82, 2.24) is 14.4 Å². The number of benzene rings is 2. The van der Waals surface area contributed by atoms with E-state index in [1.807, 2.05) is 24.3 Å². The molecule has 31 heavy (non-hydrogen) atoms. The molecule has 1 aromatic heterocycles. The summed E-state index contributed by atoms with van der Waals surface area (Å²) in [4.78, 5) is 4.19. The molecule has 0 bridgehead atoms. The molecule has 0 N–H and O–H groups in total. The van der Waals surface area contributed by atoms with Gasteiger partial charge in [-0.2, -0.15) is 9.29 Å². The lowest BCUT2D eigenvalue weighted by molar-refractivity contribution is 0.336. The van der Waals surface area contributed by atoms with Gasteiger partial charge in [0.05, 0.1) is 18.7 Å². The number of sulfonamides is 1. The first-order chi connectivity index (χ1) is 14.4. The largest absolute Gasteiger partial charge is 0.495 e. The van der Waals surface area contributed by atoms with Crippen LogP contribution in [0.25, 0.3) is 11.4 Å². The highest BCUT2D eigenvalue weighted by Gasteiger charge is 2.28. The smallest absolute Gasteiger partial charge is 0.244 e. The van der Waals surface area contributed by atoms with E-state index in [0.29, 0.717) is 5.82 Å². The Labute approximate surface area is 192 Å². The molecular formula is C21H23Cl2N3O4S. The lowest BCUT2D eigenvalue weighted by Gasteiger charge is -2.18. The molecule has 0 saturated heterocycles. The normalized spacial score (nSPS) is 12.4. The van der Waals surface area contributed by atoms with Gasteiger partial charge < -0.3 is 9.26 Å². The average molecular weight is 484 g/mol. The minimum atomic E-state index is -3.96. The molecule has 0 radical (unpaired) electrons. The summed E-state index contributed by atoms with van der Waals surface area (Å²) in [6, 6.07) is 10.6. The summed E-state index contributed by atoms with van der Waals surface area (Å²) in [6.07, 6.45) is 0. The summed E-state index contributed by atoms with van der Waals surface area (Å²) >= 11 is 12.3. The second-order valence-corrected chi connectivity index (χ2v) is 10.8. The van der Waals surface area contributed by atoms with E-state index < -0.39 is 10.0 Å². The highest BCUT2D eigenvalue weighted by molar-refractivity contribution is 7.89. The van der Waals surface area contributed by atoms with E-state index in [4.69, 9.17) is 32.5 Å². The number of aromatic nitrogens is 2. The first kappa shape index (κ1) is 23.5. The lowest BCUT2D eigenvalue weighted by atomic mass is 9.87. The van der Waals surface area contributed by atoms with Crippen molar-refractivity contribution in [1.29, 1.82) is 0 Å². The fraction of sp³-hybridized carbons (Fsp3) is 0.333. The SMILES string of the molecule is COc1ccc(S(=O)(=O)N(C)Cc2nc(-c3ccc(C(C)(C)C)cc3)no2)c(Cl)c1Cl. The predicted octanol–water partition coefficient (Wildman–Crippen LogP) is 5.17. The summed E-state index contributed by atoms with van der Waals surface area (Å²) in [5, 5.41) is 3.88. The maximum Gasteiger partial charge on any atom is 0.244 e. The van der Waals surface area contributed by atoms with Crippen LogP contribution in [-0.4, -0.2) is 37.0 Å². The van der Waals surface area contributed by atoms with Crippen LogP contribution in [0.2, 0.25) is 10.0 Å². The molecule has 7 nitrogen and oxygen atoms in total. The Kier molecular flexibility index (Phi) is 6.67. The summed E-state index contributed by atoms with van der Waals surface area (Å²) in [5.41, 5.74) is 1.99. The van der Waals surface area contributed by atoms with Crippen molar-refractivity contribution in [3.8, 4) is 17.1 Å². The van der Waals surface area contributed by atoms with Gasteiger partial charge in [0.2, 0.25) is 21.7 Å². The molecule has 1 heterocycles. The van der Waals surface area contributed by atoms with Crippen LogP contribution in [0.4, 0.5) is 0 Å². The van der Waals surface area contributed by atoms with Crippen molar-refractivity contribution in [3.63, 3.8) is 0 Å². The van der Waals surface area contributed by atoms with Crippen molar-refractivity contribution < 1.29 is 17.7 Å². The maximum absolute atomic E-state index is 13.0.